The highest BCUT2D eigenvalue weighted by atomic mass is 32.2. The van der Waals surface area contributed by atoms with Crippen molar-refractivity contribution in [1.29, 1.82) is 0 Å². The Bertz CT molecular complexity index is 342. The van der Waals surface area contributed by atoms with Crippen molar-refractivity contribution in [3.05, 3.63) is 0 Å². The van der Waals surface area contributed by atoms with Crippen LogP contribution in [0.25, 0.3) is 0 Å². The van der Waals surface area contributed by atoms with Gasteiger partial charge in [-0.05, 0) is 32.2 Å². The highest BCUT2D eigenvalue weighted by Gasteiger charge is 2.52. The van der Waals surface area contributed by atoms with Crippen LogP contribution in [0.3, 0.4) is 0 Å². The van der Waals surface area contributed by atoms with Gasteiger partial charge in [0, 0.05) is 12.6 Å². The van der Waals surface area contributed by atoms with Crippen LogP contribution >= 0.6 is 0 Å². The molecule has 0 aromatic rings. The van der Waals surface area contributed by atoms with E-state index in [1.807, 2.05) is 0 Å². The molecule has 0 spiro atoms. The smallest absolute Gasteiger partial charge is 0.330 e. The molecule has 0 radical (unpaired) electrons. The summed E-state index contributed by atoms with van der Waals surface area (Å²) in [6.45, 7) is 1.55. The third kappa shape index (κ3) is 2.49. The van der Waals surface area contributed by atoms with Gasteiger partial charge in [-0.25, -0.2) is 8.42 Å². The van der Waals surface area contributed by atoms with Crippen LogP contribution in [0.15, 0.2) is 0 Å². The third-order valence-electron chi connectivity index (χ3n) is 2.86. The summed E-state index contributed by atoms with van der Waals surface area (Å²) in [6.07, 6.45) is 1.08. The molecule has 0 aromatic carbocycles. The first kappa shape index (κ1) is 13.7. The summed E-state index contributed by atoms with van der Waals surface area (Å²) in [4.78, 5) is 0. The molecule has 0 bridgehead atoms. The van der Waals surface area contributed by atoms with Gasteiger partial charge in [0.1, 0.15) is 0 Å². The Kier molecular flexibility index (Phi) is 3.86. The number of nitrogens with two attached hydrogens (primary N) is 1. The summed E-state index contributed by atoms with van der Waals surface area (Å²) < 4.78 is 60.1. The second kappa shape index (κ2) is 4.50. The van der Waals surface area contributed by atoms with Crippen LogP contribution in [-0.4, -0.2) is 37.4 Å². The Morgan fingerprint density at radius 2 is 1.94 bits per heavy atom. The Hall–Kier alpha value is -0.340. The molecular weight excluding hydrogens is 245 g/mol. The Balaban J connectivity index is 2.93. The second-order valence-electron chi connectivity index (χ2n) is 4.05. The fourth-order valence-electron chi connectivity index (χ4n) is 1.81. The first-order valence-corrected chi connectivity index (χ1v) is 6.42. The molecule has 1 heterocycles. The lowest BCUT2D eigenvalue weighted by atomic mass is 9.96. The normalized spacial score (nSPS) is 29.3. The standard InChI is InChI=1S/C8H15F3N2O2S/c1-6-2-3-7(4-12)5-13(6)16(14,15)8(9,10)11/h6-7H,2-5,12H2,1H3. The van der Waals surface area contributed by atoms with Gasteiger partial charge in [-0.1, -0.05) is 0 Å². The molecule has 0 aliphatic carbocycles. The summed E-state index contributed by atoms with van der Waals surface area (Å²) >= 11 is 0. The second-order valence-corrected chi connectivity index (χ2v) is 5.93. The molecule has 0 amide bonds. The zero-order valence-electron chi connectivity index (χ0n) is 8.87. The molecule has 4 nitrogen and oxygen atoms in total. The van der Waals surface area contributed by atoms with Gasteiger partial charge in [-0.15, -0.1) is 0 Å². The lowest BCUT2D eigenvalue weighted by molar-refractivity contribution is -0.0513. The topological polar surface area (TPSA) is 63.4 Å². The van der Waals surface area contributed by atoms with Crippen molar-refractivity contribution in [2.75, 3.05) is 13.1 Å². The predicted molar refractivity (Wildman–Crippen MR) is 52.9 cm³/mol. The van der Waals surface area contributed by atoms with Gasteiger partial charge < -0.3 is 5.73 Å². The quantitative estimate of drug-likeness (QED) is 0.802. The van der Waals surface area contributed by atoms with Gasteiger partial charge >= 0.3 is 15.5 Å². The van der Waals surface area contributed by atoms with Crippen LogP contribution in [-0.2, 0) is 10.0 Å². The lowest BCUT2D eigenvalue weighted by Crippen LogP contribution is -2.51. The van der Waals surface area contributed by atoms with E-state index in [0.717, 1.165) is 0 Å². The summed E-state index contributed by atoms with van der Waals surface area (Å²) in [5.74, 6) is -0.187. The number of nitrogens with zero attached hydrogens (tertiary/aromatic N) is 1. The van der Waals surface area contributed by atoms with E-state index >= 15 is 0 Å². The van der Waals surface area contributed by atoms with Crippen molar-refractivity contribution in [2.24, 2.45) is 11.7 Å². The third-order valence-corrected chi connectivity index (χ3v) is 4.57. The van der Waals surface area contributed by atoms with E-state index in [1.54, 1.807) is 0 Å². The van der Waals surface area contributed by atoms with Crippen LogP contribution in [0, 0.1) is 5.92 Å². The van der Waals surface area contributed by atoms with Gasteiger partial charge in [0.05, 0.1) is 0 Å². The van der Waals surface area contributed by atoms with Crippen LogP contribution in [0.2, 0.25) is 0 Å². The number of alkyl halides is 3. The molecule has 2 N–H and O–H groups in total. The van der Waals surface area contributed by atoms with Gasteiger partial charge in [0.15, 0.2) is 0 Å². The SMILES string of the molecule is CC1CCC(CN)CN1S(=O)(=O)C(F)(F)F. The van der Waals surface area contributed by atoms with E-state index in [-0.39, 0.29) is 19.0 Å². The van der Waals surface area contributed by atoms with Crippen LogP contribution < -0.4 is 5.73 Å². The molecule has 8 heteroatoms. The number of sulfonamides is 1. The molecule has 1 aliphatic heterocycles. The summed E-state index contributed by atoms with van der Waals surface area (Å²) in [5, 5.41) is 0. The molecule has 0 aromatic heterocycles. The average Bonchev–Trinajstić information content (AvgIpc) is 2.16. The van der Waals surface area contributed by atoms with E-state index < -0.39 is 21.6 Å². The molecule has 96 valence electrons. The molecule has 1 aliphatic rings. The monoisotopic (exact) mass is 260 g/mol. The minimum Gasteiger partial charge on any atom is -0.330 e. The van der Waals surface area contributed by atoms with Gasteiger partial charge in [-0.2, -0.15) is 17.5 Å². The van der Waals surface area contributed by atoms with Crippen LogP contribution in [0.1, 0.15) is 19.8 Å². The van der Waals surface area contributed by atoms with Gasteiger partial charge in [-0.3, -0.25) is 0 Å². The highest BCUT2D eigenvalue weighted by Crippen LogP contribution is 2.32. The van der Waals surface area contributed by atoms with Crippen LogP contribution in [0.5, 0.6) is 0 Å². The van der Waals surface area contributed by atoms with Crippen molar-refractivity contribution in [1.82, 2.24) is 4.31 Å². The average molecular weight is 260 g/mol. The first-order valence-electron chi connectivity index (χ1n) is 4.98. The number of halogens is 3. The Morgan fingerprint density at radius 1 is 1.38 bits per heavy atom. The number of piperidine rings is 1. The molecular formula is C8H15F3N2O2S. The minimum absolute atomic E-state index is 0.139. The predicted octanol–water partition coefficient (Wildman–Crippen LogP) is 0.895. The fourth-order valence-corrected chi connectivity index (χ4v) is 3.06. The molecule has 16 heavy (non-hydrogen) atoms. The molecule has 1 rings (SSSR count). The van der Waals surface area contributed by atoms with Crippen molar-refractivity contribution >= 4 is 10.0 Å². The van der Waals surface area contributed by atoms with Crippen molar-refractivity contribution in [2.45, 2.75) is 31.3 Å². The Labute approximate surface area is 92.6 Å². The van der Waals surface area contributed by atoms with Crippen molar-refractivity contribution < 1.29 is 21.6 Å². The maximum Gasteiger partial charge on any atom is 0.511 e. The Morgan fingerprint density at radius 3 is 2.38 bits per heavy atom. The zero-order chi connectivity index (χ0) is 12.6. The van der Waals surface area contributed by atoms with Gasteiger partial charge in [0.25, 0.3) is 0 Å². The van der Waals surface area contributed by atoms with E-state index in [1.165, 1.54) is 6.92 Å². The lowest BCUT2D eigenvalue weighted by Gasteiger charge is -2.36. The summed E-state index contributed by atoms with van der Waals surface area (Å²) in [7, 11) is -5.21. The molecule has 0 saturated carbocycles. The number of hydrogen-bond donors (Lipinski definition) is 1. The maximum atomic E-state index is 12.4. The minimum atomic E-state index is -5.22. The number of hydrogen-bond acceptors (Lipinski definition) is 3. The maximum absolute atomic E-state index is 12.4. The largest absolute Gasteiger partial charge is 0.511 e. The molecule has 2 unspecified atom stereocenters. The fraction of sp³-hybridized carbons (Fsp3) is 1.00. The molecule has 1 fully saturated rings. The van der Waals surface area contributed by atoms with Crippen molar-refractivity contribution in [3.8, 4) is 0 Å². The van der Waals surface area contributed by atoms with E-state index in [0.29, 0.717) is 17.1 Å². The van der Waals surface area contributed by atoms with E-state index in [2.05, 4.69) is 0 Å². The highest BCUT2D eigenvalue weighted by molar-refractivity contribution is 7.90. The van der Waals surface area contributed by atoms with Crippen molar-refractivity contribution in [3.63, 3.8) is 0 Å². The van der Waals surface area contributed by atoms with E-state index in [9.17, 15) is 21.6 Å². The molecule has 2 atom stereocenters. The van der Waals surface area contributed by atoms with Crippen LogP contribution in [0.4, 0.5) is 13.2 Å². The number of rotatable bonds is 2. The summed E-state index contributed by atoms with van der Waals surface area (Å²) in [5.41, 5.74) is 0.136. The first-order chi connectivity index (χ1) is 7.20. The zero-order valence-corrected chi connectivity index (χ0v) is 9.68. The molecule has 1 saturated heterocycles. The van der Waals surface area contributed by atoms with E-state index in [4.69, 9.17) is 5.73 Å². The summed E-state index contributed by atoms with van der Waals surface area (Å²) in [6, 6.07) is -0.616. The van der Waals surface area contributed by atoms with Gasteiger partial charge in [0.2, 0.25) is 0 Å².